The SMILES string of the molecule is COCCOCCOCCN(C(=O)OC(C)(C)C)c1cc(COc2cc(N)c(C(=O)N3CCc4ccccc43)cc2OC)cc(COc2cc3c(cc2OC)C(=O)N2c4ccccc4C[C@H]2CN3)c1. The van der Waals surface area contributed by atoms with Gasteiger partial charge in [0.25, 0.3) is 11.8 Å². The van der Waals surface area contributed by atoms with E-state index < -0.39 is 11.7 Å². The topological polar surface area (TPSA) is 173 Å². The Hall–Kier alpha value is -7.01. The predicted molar refractivity (Wildman–Crippen MR) is 264 cm³/mol. The van der Waals surface area contributed by atoms with Crippen molar-refractivity contribution in [1.82, 2.24) is 0 Å². The van der Waals surface area contributed by atoms with Gasteiger partial charge in [0.2, 0.25) is 0 Å². The molecule has 364 valence electrons. The molecule has 16 nitrogen and oxygen atoms in total. The third-order valence-corrected chi connectivity index (χ3v) is 12.1. The van der Waals surface area contributed by atoms with Crippen LogP contribution in [-0.4, -0.2) is 104 Å². The minimum atomic E-state index is -0.795. The molecule has 16 heteroatoms. The molecule has 69 heavy (non-hydrogen) atoms. The van der Waals surface area contributed by atoms with Gasteiger partial charge in [-0.2, -0.15) is 0 Å². The van der Waals surface area contributed by atoms with E-state index in [0.717, 1.165) is 35.3 Å². The van der Waals surface area contributed by atoms with Crippen LogP contribution in [0.5, 0.6) is 23.0 Å². The Balaban J connectivity index is 1.07. The maximum atomic E-state index is 14.1. The molecule has 0 spiro atoms. The number of anilines is 5. The van der Waals surface area contributed by atoms with Crippen LogP contribution >= 0.6 is 0 Å². The van der Waals surface area contributed by atoms with E-state index in [4.69, 9.17) is 43.6 Å². The second-order valence-corrected chi connectivity index (χ2v) is 18.0. The molecule has 5 aromatic rings. The number of nitrogens with two attached hydrogens (primary N) is 1. The summed E-state index contributed by atoms with van der Waals surface area (Å²) in [7, 11) is 4.65. The molecule has 0 unspecified atom stereocenters. The zero-order valence-electron chi connectivity index (χ0n) is 40.1. The second-order valence-electron chi connectivity index (χ2n) is 18.0. The van der Waals surface area contributed by atoms with E-state index in [9.17, 15) is 14.4 Å². The molecule has 3 heterocycles. The fourth-order valence-corrected chi connectivity index (χ4v) is 8.79. The largest absolute Gasteiger partial charge is 0.493 e. The van der Waals surface area contributed by atoms with Crippen molar-refractivity contribution in [3.8, 4) is 23.0 Å². The Kier molecular flexibility index (Phi) is 15.1. The van der Waals surface area contributed by atoms with Gasteiger partial charge in [-0.15, -0.1) is 0 Å². The maximum absolute atomic E-state index is 14.1. The number of nitrogens with zero attached hydrogens (tertiary/aromatic N) is 3. The Bertz CT molecular complexity index is 2670. The van der Waals surface area contributed by atoms with Crippen LogP contribution in [0.2, 0.25) is 0 Å². The molecule has 1 atom stereocenters. The number of methoxy groups -OCH3 is 3. The lowest BCUT2D eigenvalue weighted by molar-refractivity contribution is 0.0252. The van der Waals surface area contributed by atoms with E-state index in [1.165, 1.54) is 19.1 Å². The molecule has 3 N–H and O–H groups in total. The first kappa shape index (κ1) is 48.4. The van der Waals surface area contributed by atoms with Crippen LogP contribution in [0, 0.1) is 0 Å². The van der Waals surface area contributed by atoms with Crippen LogP contribution in [0.3, 0.4) is 0 Å². The lowest BCUT2D eigenvalue weighted by atomic mass is 10.1. The summed E-state index contributed by atoms with van der Waals surface area (Å²) in [6, 6.07) is 28.1. The van der Waals surface area contributed by atoms with Crippen LogP contribution < -0.4 is 44.7 Å². The number of amides is 3. The number of rotatable bonds is 19. The summed E-state index contributed by atoms with van der Waals surface area (Å²) in [6.07, 6.45) is 0.929. The molecule has 0 aliphatic carbocycles. The fourth-order valence-electron chi connectivity index (χ4n) is 8.79. The lowest BCUT2D eigenvalue weighted by Crippen LogP contribution is -2.39. The lowest BCUT2D eigenvalue weighted by Gasteiger charge is -2.28. The summed E-state index contributed by atoms with van der Waals surface area (Å²) in [5.41, 5.74) is 13.3. The number of para-hydroxylation sites is 2. The predicted octanol–water partition coefficient (Wildman–Crippen LogP) is 8.07. The van der Waals surface area contributed by atoms with Gasteiger partial charge >= 0.3 is 6.09 Å². The molecule has 0 aromatic heterocycles. The summed E-state index contributed by atoms with van der Waals surface area (Å²) < 4.78 is 46.9. The molecule has 5 aromatic carbocycles. The molecule has 0 bridgehead atoms. The van der Waals surface area contributed by atoms with E-state index in [2.05, 4.69) is 11.4 Å². The number of hydrogen-bond acceptors (Lipinski definition) is 13. The van der Waals surface area contributed by atoms with E-state index in [1.807, 2.05) is 65.6 Å². The van der Waals surface area contributed by atoms with Gasteiger partial charge in [0.05, 0.1) is 76.7 Å². The van der Waals surface area contributed by atoms with Gasteiger partial charge in [-0.1, -0.05) is 36.4 Å². The molecule has 0 fully saturated rings. The number of nitrogen functional groups attached to an aromatic ring is 1. The number of benzene rings is 5. The van der Waals surface area contributed by atoms with Gasteiger partial charge in [0, 0.05) is 55.1 Å². The van der Waals surface area contributed by atoms with Crippen LogP contribution in [0.1, 0.15) is 63.7 Å². The number of nitrogens with one attached hydrogen (secondary N) is 1. The van der Waals surface area contributed by atoms with E-state index >= 15 is 0 Å². The number of carbonyl (C=O) groups is 3. The van der Waals surface area contributed by atoms with Gasteiger partial charge < -0.3 is 58.7 Å². The summed E-state index contributed by atoms with van der Waals surface area (Å²) in [5, 5.41) is 3.49. The highest BCUT2D eigenvalue weighted by molar-refractivity contribution is 6.12. The smallest absolute Gasteiger partial charge is 0.414 e. The molecule has 3 aliphatic rings. The van der Waals surface area contributed by atoms with Gasteiger partial charge in [0.15, 0.2) is 23.0 Å². The highest BCUT2D eigenvalue weighted by Gasteiger charge is 2.38. The first-order valence-electron chi connectivity index (χ1n) is 23.1. The molecular weight excluding hydrogens is 883 g/mol. The molecule has 8 rings (SSSR count). The van der Waals surface area contributed by atoms with E-state index in [0.29, 0.717) is 96.1 Å². The Morgan fingerprint density at radius 1 is 0.754 bits per heavy atom. The van der Waals surface area contributed by atoms with Crippen molar-refractivity contribution < 1.29 is 52.3 Å². The summed E-state index contributed by atoms with van der Waals surface area (Å²) in [5.74, 6) is 1.10. The van der Waals surface area contributed by atoms with Crippen LogP contribution in [-0.2, 0) is 45.0 Å². The maximum Gasteiger partial charge on any atom is 0.414 e. The van der Waals surface area contributed by atoms with Crippen LogP contribution in [0.4, 0.5) is 33.2 Å². The summed E-state index contributed by atoms with van der Waals surface area (Å²) in [4.78, 5) is 47.1. The number of fused-ring (bicyclic) bond motifs is 5. The van der Waals surface area contributed by atoms with E-state index in [-0.39, 0.29) is 49.9 Å². The van der Waals surface area contributed by atoms with Gasteiger partial charge in [-0.3, -0.25) is 14.5 Å². The zero-order chi connectivity index (χ0) is 48.7. The van der Waals surface area contributed by atoms with Crippen molar-refractivity contribution in [2.45, 2.75) is 58.5 Å². The molecular formula is C53H61N5O11. The first-order chi connectivity index (χ1) is 33.3. The minimum absolute atomic E-state index is 0.00982. The van der Waals surface area contributed by atoms with Crippen molar-refractivity contribution >= 4 is 46.3 Å². The Morgan fingerprint density at radius 3 is 2.09 bits per heavy atom. The first-order valence-corrected chi connectivity index (χ1v) is 23.1. The van der Waals surface area contributed by atoms with Crippen molar-refractivity contribution in [2.75, 3.05) is 99.7 Å². The Labute approximate surface area is 403 Å². The third-order valence-electron chi connectivity index (χ3n) is 12.1. The Morgan fingerprint density at radius 2 is 1.39 bits per heavy atom. The fraction of sp³-hybridized carbons (Fsp3) is 0.377. The third kappa shape index (κ3) is 11.1. The van der Waals surface area contributed by atoms with Gasteiger partial charge in [-0.05, 0) is 98.3 Å². The monoisotopic (exact) mass is 943 g/mol. The van der Waals surface area contributed by atoms with Gasteiger partial charge in [0.1, 0.15) is 18.8 Å². The minimum Gasteiger partial charge on any atom is -0.493 e. The number of hydrogen-bond donors (Lipinski definition) is 2. The van der Waals surface area contributed by atoms with E-state index in [1.54, 1.807) is 57.0 Å². The van der Waals surface area contributed by atoms with Crippen molar-refractivity contribution in [3.63, 3.8) is 0 Å². The van der Waals surface area contributed by atoms with Crippen molar-refractivity contribution in [3.05, 3.63) is 124 Å². The normalized spacial score (nSPS) is 14.8. The van der Waals surface area contributed by atoms with Crippen LogP contribution in [0.15, 0.2) is 91.0 Å². The molecule has 3 aliphatic heterocycles. The second kappa shape index (κ2) is 21.5. The molecule has 0 radical (unpaired) electrons. The standard InChI is InChI=1S/C53H61N5O11/c1-53(2,3)69-52(61)56(17-18-65-21-22-66-20-19-62-4)38-24-34(32-67-48-29-42(54)40(27-46(48)63-5)50(59)57-16-15-36-11-7-9-13-44(36)57)23-35(25-38)33-68-49-30-43-41(28-47(49)64-6)51(60)58-39(31-55-43)26-37-12-8-10-14-45(37)58/h7-14,23-25,27-30,39,55H,15-22,26,31-33,54H2,1-6H3/t39-/m0/s1. The average molecular weight is 944 g/mol. The zero-order valence-corrected chi connectivity index (χ0v) is 40.1. The highest BCUT2D eigenvalue weighted by Crippen LogP contribution is 2.41. The average Bonchev–Trinajstić information content (AvgIpc) is 3.91. The summed E-state index contributed by atoms with van der Waals surface area (Å²) in [6.45, 7) is 8.50. The van der Waals surface area contributed by atoms with Crippen molar-refractivity contribution in [2.24, 2.45) is 0 Å². The van der Waals surface area contributed by atoms with Crippen LogP contribution in [0.25, 0.3) is 0 Å². The number of ether oxygens (including phenoxy) is 8. The molecule has 0 saturated heterocycles. The highest BCUT2D eigenvalue weighted by atomic mass is 16.6. The number of carbonyl (C=O) groups excluding carboxylic acids is 3. The molecule has 3 amide bonds. The summed E-state index contributed by atoms with van der Waals surface area (Å²) >= 11 is 0. The molecule has 0 saturated carbocycles. The quantitative estimate of drug-likeness (QED) is 0.0602. The van der Waals surface area contributed by atoms with Gasteiger partial charge in [-0.25, -0.2) is 4.79 Å². The van der Waals surface area contributed by atoms with Crippen molar-refractivity contribution in [1.29, 1.82) is 0 Å².